The smallest absolute Gasteiger partial charge is 0.118 e. The fraction of sp³-hybridized carbons (Fsp3) is 0.667. The van der Waals surface area contributed by atoms with Crippen LogP contribution in [0.2, 0.25) is 0 Å². The summed E-state index contributed by atoms with van der Waals surface area (Å²) in [6, 6.07) is 8.94. The Morgan fingerprint density at radius 1 is 1.24 bits per heavy atom. The molecular weight excluding hydrogens is 278 g/mol. The highest BCUT2D eigenvalue weighted by Gasteiger charge is 2.22. The van der Waals surface area contributed by atoms with E-state index in [4.69, 9.17) is 4.74 Å². The van der Waals surface area contributed by atoms with Gasteiger partial charge in [0.2, 0.25) is 0 Å². The van der Waals surface area contributed by atoms with Crippen molar-refractivity contribution >= 4 is 11.8 Å². The Labute approximate surface area is 134 Å². The maximum atomic E-state index is 5.26. The van der Waals surface area contributed by atoms with Crippen molar-refractivity contribution in [2.24, 2.45) is 5.92 Å². The van der Waals surface area contributed by atoms with E-state index in [1.54, 1.807) is 7.11 Å². The van der Waals surface area contributed by atoms with E-state index >= 15 is 0 Å². The van der Waals surface area contributed by atoms with Crippen LogP contribution in [0.5, 0.6) is 5.75 Å². The summed E-state index contributed by atoms with van der Waals surface area (Å²) in [7, 11) is 1.72. The van der Waals surface area contributed by atoms with E-state index in [0.29, 0.717) is 11.3 Å². The molecule has 2 unspecified atom stereocenters. The predicted octanol–water partition coefficient (Wildman–Crippen LogP) is 4.66. The molecule has 0 heterocycles. The van der Waals surface area contributed by atoms with Crippen LogP contribution in [0.4, 0.5) is 0 Å². The van der Waals surface area contributed by atoms with Crippen LogP contribution in [0.25, 0.3) is 0 Å². The highest BCUT2D eigenvalue weighted by atomic mass is 32.2. The molecule has 0 aliphatic heterocycles. The first-order valence-corrected chi connectivity index (χ1v) is 9.28. The van der Waals surface area contributed by atoms with Crippen molar-refractivity contribution in [3.63, 3.8) is 0 Å². The molecule has 2 atom stereocenters. The first kappa shape index (κ1) is 16.7. The van der Waals surface area contributed by atoms with Gasteiger partial charge in [0.15, 0.2) is 0 Å². The number of benzene rings is 1. The fourth-order valence-electron chi connectivity index (χ4n) is 3.15. The van der Waals surface area contributed by atoms with Gasteiger partial charge in [-0.3, -0.25) is 0 Å². The number of hydrogen-bond donors (Lipinski definition) is 1. The maximum Gasteiger partial charge on any atom is 0.118 e. The molecule has 1 aliphatic rings. The number of methoxy groups -OCH3 is 1. The monoisotopic (exact) mass is 307 g/mol. The van der Waals surface area contributed by atoms with Gasteiger partial charge in [-0.05, 0) is 48.8 Å². The first-order chi connectivity index (χ1) is 10.2. The van der Waals surface area contributed by atoms with Gasteiger partial charge >= 0.3 is 0 Å². The second-order valence-corrected chi connectivity index (χ2v) is 7.41. The van der Waals surface area contributed by atoms with Gasteiger partial charge < -0.3 is 10.1 Å². The van der Waals surface area contributed by atoms with E-state index < -0.39 is 0 Å². The predicted molar refractivity (Wildman–Crippen MR) is 93.3 cm³/mol. The average molecular weight is 308 g/mol. The minimum atomic E-state index is 0.423. The van der Waals surface area contributed by atoms with Gasteiger partial charge in [-0.15, -0.1) is 0 Å². The van der Waals surface area contributed by atoms with Crippen molar-refractivity contribution in [2.75, 3.05) is 19.4 Å². The van der Waals surface area contributed by atoms with Crippen molar-refractivity contribution in [3.8, 4) is 5.75 Å². The molecule has 0 saturated heterocycles. The fourth-order valence-corrected chi connectivity index (χ4v) is 4.50. The molecule has 0 radical (unpaired) electrons. The van der Waals surface area contributed by atoms with E-state index in [0.717, 1.165) is 18.2 Å². The summed E-state index contributed by atoms with van der Waals surface area (Å²) in [6.07, 6.45) is 5.76. The minimum Gasteiger partial charge on any atom is -0.497 e. The van der Waals surface area contributed by atoms with Crippen molar-refractivity contribution < 1.29 is 4.74 Å². The van der Waals surface area contributed by atoms with Gasteiger partial charge in [0.25, 0.3) is 0 Å². The SMILES string of the molecule is CCNC(c1ccc(OC)cc1)C(C)SCC1CCCC1. The molecule has 0 amide bonds. The van der Waals surface area contributed by atoms with Crippen molar-refractivity contribution in [3.05, 3.63) is 29.8 Å². The quantitative estimate of drug-likeness (QED) is 0.755. The molecule has 2 rings (SSSR count). The second kappa shape index (κ2) is 8.70. The summed E-state index contributed by atoms with van der Waals surface area (Å²) in [5.74, 6) is 3.20. The lowest BCUT2D eigenvalue weighted by molar-refractivity contribution is 0.414. The summed E-state index contributed by atoms with van der Waals surface area (Å²) < 4.78 is 5.26. The van der Waals surface area contributed by atoms with Gasteiger partial charge in [-0.25, -0.2) is 0 Å². The number of nitrogens with one attached hydrogen (secondary N) is 1. The summed E-state index contributed by atoms with van der Waals surface area (Å²) in [5, 5.41) is 4.25. The molecule has 1 fully saturated rings. The van der Waals surface area contributed by atoms with Gasteiger partial charge in [-0.2, -0.15) is 11.8 Å². The lowest BCUT2D eigenvalue weighted by Crippen LogP contribution is -2.29. The molecule has 2 nitrogen and oxygen atoms in total. The second-order valence-electron chi connectivity index (χ2n) is 6.00. The molecule has 1 aromatic carbocycles. The van der Waals surface area contributed by atoms with Crippen LogP contribution < -0.4 is 10.1 Å². The molecule has 1 aliphatic carbocycles. The Morgan fingerprint density at radius 2 is 1.90 bits per heavy atom. The highest BCUT2D eigenvalue weighted by molar-refractivity contribution is 7.99. The van der Waals surface area contributed by atoms with Crippen molar-refractivity contribution in [1.29, 1.82) is 0 Å². The Kier molecular flexibility index (Phi) is 6.91. The van der Waals surface area contributed by atoms with Gasteiger partial charge in [-0.1, -0.05) is 38.8 Å². The van der Waals surface area contributed by atoms with E-state index in [9.17, 15) is 0 Å². The van der Waals surface area contributed by atoms with Gasteiger partial charge in [0, 0.05) is 11.3 Å². The third-order valence-corrected chi connectivity index (χ3v) is 5.90. The highest BCUT2D eigenvalue weighted by Crippen LogP contribution is 2.33. The molecule has 0 bridgehead atoms. The normalized spacial score (nSPS) is 18.6. The van der Waals surface area contributed by atoms with E-state index in [1.807, 2.05) is 0 Å². The van der Waals surface area contributed by atoms with Gasteiger partial charge in [0.05, 0.1) is 7.11 Å². The molecule has 3 heteroatoms. The van der Waals surface area contributed by atoms with Crippen molar-refractivity contribution in [2.45, 2.75) is 50.8 Å². The number of hydrogen-bond acceptors (Lipinski definition) is 3. The standard InChI is InChI=1S/C18H29NOS/c1-4-19-18(16-9-11-17(20-3)12-10-16)14(2)21-13-15-7-5-6-8-15/h9-12,14-15,18-19H,4-8,13H2,1-3H3. The molecule has 0 spiro atoms. The summed E-state index contributed by atoms with van der Waals surface area (Å²) in [6.45, 7) is 5.55. The molecular formula is C18H29NOS. The van der Waals surface area contributed by atoms with E-state index in [2.05, 4.69) is 55.2 Å². The summed E-state index contributed by atoms with van der Waals surface area (Å²) in [5.41, 5.74) is 1.36. The Bertz CT molecular complexity index is 400. The first-order valence-electron chi connectivity index (χ1n) is 8.23. The van der Waals surface area contributed by atoms with Crippen LogP contribution in [-0.4, -0.2) is 24.7 Å². The largest absolute Gasteiger partial charge is 0.497 e. The van der Waals surface area contributed by atoms with Crippen LogP contribution >= 0.6 is 11.8 Å². The molecule has 21 heavy (non-hydrogen) atoms. The third-order valence-electron chi connectivity index (χ3n) is 4.44. The van der Waals surface area contributed by atoms with Crippen molar-refractivity contribution in [1.82, 2.24) is 5.32 Å². The zero-order chi connectivity index (χ0) is 15.1. The zero-order valence-corrected chi connectivity index (χ0v) is 14.4. The molecule has 118 valence electrons. The average Bonchev–Trinajstić information content (AvgIpc) is 3.04. The Morgan fingerprint density at radius 3 is 2.48 bits per heavy atom. The molecule has 0 aromatic heterocycles. The molecule has 1 aromatic rings. The van der Waals surface area contributed by atoms with E-state index in [1.165, 1.54) is 37.0 Å². The number of rotatable bonds is 8. The van der Waals surface area contributed by atoms with Crippen LogP contribution in [0.1, 0.15) is 51.1 Å². The number of ether oxygens (including phenoxy) is 1. The third kappa shape index (κ3) is 4.93. The molecule has 1 N–H and O–H groups in total. The van der Waals surface area contributed by atoms with Crippen LogP contribution in [-0.2, 0) is 0 Å². The maximum absolute atomic E-state index is 5.26. The van der Waals surface area contributed by atoms with Crippen LogP contribution in [0.15, 0.2) is 24.3 Å². The summed E-state index contributed by atoms with van der Waals surface area (Å²) >= 11 is 2.13. The minimum absolute atomic E-state index is 0.423. The Hall–Kier alpha value is -0.670. The molecule has 1 saturated carbocycles. The lowest BCUT2D eigenvalue weighted by Gasteiger charge is -2.26. The topological polar surface area (TPSA) is 21.3 Å². The Balaban J connectivity index is 1.94. The number of thioether (sulfide) groups is 1. The van der Waals surface area contributed by atoms with E-state index in [-0.39, 0.29) is 0 Å². The lowest BCUT2D eigenvalue weighted by atomic mass is 10.0. The van der Waals surface area contributed by atoms with Crippen LogP contribution in [0, 0.1) is 5.92 Å². The van der Waals surface area contributed by atoms with Gasteiger partial charge in [0.1, 0.15) is 5.75 Å². The zero-order valence-electron chi connectivity index (χ0n) is 13.6. The van der Waals surface area contributed by atoms with Crippen LogP contribution in [0.3, 0.4) is 0 Å². The summed E-state index contributed by atoms with van der Waals surface area (Å²) in [4.78, 5) is 0.